The summed E-state index contributed by atoms with van der Waals surface area (Å²) in [6.45, 7) is 5.22. The Morgan fingerprint density at radius 3 is 2.72 bits per heavy atom. The predicted octanol–water partition coefficient (Wildman–Crippen LogP) is 2.54. The first kappa shape index (κ1) is 18.4. The smallest absolute Gasteiger partial charge is 0.254 e. The largest absolute Gasteiger partial charge is 0.396 e. The molecule has 1 aromatic rings. The number of hydrogen-bond donors (Lipinski definition) is 1. The lowest BCUT2D eigenvalue weighted by Gasteiger charge is -2.47. The van der Waals surface area contributed by atoms with Gasteiger partial charge in [-0.15, -0.1) is 11.3 Å². The maximum atomic E-state index is 12.7. The van der Waals surface area contributed by atoms with Gasteiger partial charge in [-0.2, -0.15) is 0 Å². The van der Waals surface area contributed by atoms with E-state index in [9.17, 15) is 9.59 Å². The average molecular weight is 365 g/mol. The predicted molar refractivity (Wildman–Crippen MR) is 98.8 cm³/mol. The van der Waals surface area contributed by atoms with Crippen LogP contribution in [0, 0.1) is 5.41 Å². The van der Waals surface area contributed by atoms with Crippen LogP contribution in [0.15, 0.2) is 11.4 Å². The minimum atomic E-state index is 0.124. The zero-order chi connectivity index (χ0) is 17.9. The standard InChI is InChI=1S/C19H28N2O3S/c1-2-16-12-15(13-25-16)18(24)20-9-6-19(7-10-20)5-4-17(23)21(14-19)8-3-11-22/h12-13,22H,2-11,14H2,1H3. The van der Waals surface area contributed by atoms with Crippen molar-refractivity contribution in [1.29, 1.82) is 0 Å². The first-order valence-corrected chi connectivity index (χ1v) is 10.2. The number of carbonyl (C=O) groups is 2. The van der Waals surface area contributed by atoms with Crippen molar-refractivity contribution in [1.82, 2.24) is 9.80 Å². The van der Waals surface area contributed by atoms with Crippen LogP contribution in [0.1, 0.15) is 54.3 Å². The van der Waals surface area contributed by atoms with Gasteiger partial charge in [0.05, 0.1) is 5.56 Å². The third kappa shape index (κ3) is 4.06. The molecule has 0 aromatic carbocycles. The summed E-state index contributed by atoms with van der Waals surface area (Å²) in [5, 5.41) is 11.0. The number of carbonyl (C=O) groups excluding carboxylic acids is 2. The minimum absolute atomic E-state index is 0.124. The van der Waals surface area contributed by atoms with Crippen molar-refractivity contribution in [2.45, 2.75) is 45.4 Å². The highest BCUT2D eigenvalue weighted by Gasteiger charge is 2.41. The maximum Gasteiger partial charge on any atom is 0.254 e. The summed E-state index contributed by atoms with van der Waals surface area (Å²) < 4.78 is 0. The summed E-state index contributed by atoms with van der Waals surface area (Å²) in [4.78, 5) is 29.9. The summed E-state index contributed by atoms with van der Waals surface area (Å²) in [5.41, 5.74) is 0.977. The molecule has 1 N–H and O–H groups in total. The molecule has 0 bridgehead atoms. The van der Waals surface area contributed by atoms with Crippen LogP contribution >= 0.6 is 11.3 Å². The van der Waals surface area contributed by atoms with Crippen molar-refractivity contribution in [3.05, 3.63) is 21.9 Å². The molecular weight excluding hydrogens is 336 g/mol. The second kappa shape index (κ2) is 7.87. The Morgan fingerprint density at radius 1 is 1.32 bits per heavy atom. The number of hydrogen-bond acceptors (Lipinski definition) is 4. The second-order valence-corrected chi connectivity index (χ2v) is 8.34. The van der Waals surface area contributed by atoms with Crippen molar-refractivity contribution in [2.24, 2.45) is 5.41 Å². The van der Waals surface area contributed by atoms with Crippen LogP contribution in [0.5, 0.6) is 0 Å². The van der Waals surface area contributed by atoms with E-state index in [1.165, 1.54) is 4.88 Å². The maximum absolute atomic E-state index is 12.7. The highest BCUT2D eigenvalue weighted by Crippen LogP contribution is 2.40. The molecule has 2 amide bonds. The number of aliphatic hydroxyl groups is 1. The van der Waals surface area contributed by atoms with Crippen molar-refractivity contribution < 1.29 is 14.7 Å². The zero-order valence-corrected chi connectivity index (χ0v) is 15.8. The number of rotatable bonds is 5. The molecule has 2 aliphatic heterocycles. The van der Waals surface area contributed by atoms with E-state index in [0.29, 0.717) is 19.4 Å². The summed E-state index contributed by atoms with van der Waals surface area (Å²) >= 11 is 1.66. The van der Waals surface area contributed by atoms with E-state index < -0.39 is 0 Å². The second-order valence-electron chi connectivity index (χ2n) is 7.34. The molecule has 0 saturated carbocycles. The fraction of sp³-hybridized carbons (Fsp3) is 0.684. The molecule has 5 nitrogen and oxygen atoms in total. The Labute approximate surface area is 153 Å². The minimum Gasteiger partial charge on any atom is -0.396 e. The normalized spacial score (nSPS) is 20.3. The molecule has 0 atom stereocenters. The van der Waals surface area contributed by atoms with E-state index in [0.717, 1.165) is 50.9 Å². The Morgan fingerprint density at radius 2 is 2.08 bits per heavy atom. The summed E-state index contributed by atoms with van der Waals surface area (Å²) in [5.74, 6) is 0.359. The molecule has 6 heteroatoms. The van der Waals surface area contributed by atoms with E-state index in [1.54, 1.807) is 11.3 Å². The molecule has 0 radical (unpaired) electrons. The average Bonchev–Trinajstić information content (AvgIpc) is 3.12. The summed E-state index contributed by atoms with van der Waals surface area (Å²) in [7, 11) is 0. The van der Waals surface area contributed by atoms with Crippen LogP contribution in [0.4, 0.5) is 0 Å². The Balaban J connectivity index is 1.59. The number of nitrogens with zero attached hydrogens (tertiary/aromatic N) is 2. The van der Waals surface area contributed by atoms with Crippen LogP contribution in [-0.2, 0) is 11.2 Å². The molecule has 138 valence electrons. The number of amides is 2. The first-order valence-electron chi connectivity index (χ1n) is 9.32. The van der Waals surface area contributed by atoms with E-state index >= 15 is 0 Å². The fourth-order valence-corrected chi connectivity index (χ4v) is 4.83. The molecule has 0 unspecified atom stereocenters. The van der Waals surface area contributed by atoms with Crippen LogP contribution < -0.4 is 0 Å². The number of aryl methyl sites for hydroxylation is 1. The Kier molecular flexibility index (Phi) is 5.79. The van der Waals surface area contributed by atoms with Gasteiger partial charge in [0, 0.05) is 49.5 Å². The number of likely N-dealkylation sites (tertiary alicyclic amines) is 2. The van der Waals surface area contributed by atoms with Crippen molar-refractivity contribution in [3.8, 4) is 0 Å². The van der Waals surface area contributed by atoms with Crippen LogP contribution in [0.2, 0.25) is 0 Å². The van der Waals surface area contributed by atoms with Gasteiger partial charge in [0.2, 0.25) is 5.91 Å². The summed E-state index contributed by atoms with van der Waals surface area (Å²) in [6, 6.07) is 2.02. The van der Waals surface area contributed by atoms with Gasteiger partial charge in [-0.1, -0.05) is 6.92 Å². The topological polar surface area (TPSA) is 60.9 Å². The Bertz CT molecular complexity index is 620. The number of thiophene rings is 1. The van der Waals surface area contributed by atoms with Gasteiger partial charge in [0.25, 0.3) is 5.91 Å². The lowest BCUT2D eigenvalue weighted by Crippen LogP contribution is -2.52. The zero-order valence-electron chi connectivity index (χ0n) is 15.0. The van der Waals surface area contributed by atoms with Crippen LogP contribution in [-0.4, -0.2) is 59.5 Å². The van der Waals surface area contributed by atoms with E-state index in [4.69, 9.17) is 5.11 Å². The molecule has 2 aliphatic rings. The third-order valence-corrected chi connectivity index (χ3v) is 6.78. The van der Waals surface area contributed by atoms with Crippen molar-refractivity contribution in [3.63, 3.8) is 0 Å². The lowest BCUT2D eigenvalue weighted by molar-refractivity contribution is -0.139. The highest BCUT2D eigenvalue weighted by atomic mass is 32.1. The molecular formula is C19H28N2O3S. The molecule has 3 rings (SSSR count). The van der Waals surface area contributed by atoms with Crippen LogP contribution in [0.25, 0.3) is 0 Å². The van der Waals surface area contributed by atoms with Gasteiger partial charge in [0.1, 0.15) is 0 Å². The van der Waals surface area contributed by atoms with E-state index in [-0.39, 0.29) is 23.8 Å². The lowest BCUT2D eigenvalue weighted by atomic mass is 9.72. The molecule has 25 heavy (non-hydrogen) atoms. The molecule has 0 aliphatic carbocycles. The quantitative estimate of drug-likeness (QED) is 0.873. The molecule has 1 aromatic heterocycles. The number of aliphatic hydroxyl groups excluding tert-OH is 1. The van der Waals surface area contributed by atoms with Gasteiger partial charge in [-0.05, 0) is 43.6 Å². The highest BCUT2D eigenvalue weighted by molar-refractivity contribution is 7.10. The SMILES string of the molecule is CCc1cc(C(=O)N2CCC3(CCC(=O)N(CCCO)C3)CC2)cs1. The van der Waals surface area contributed by atoms with E-state index in [1.807, 2.05) is 21.2 Å². The Hall–Kier alpha value is -1.40. The monoisotopic (exact) mass is 364 g/mol. The van der Waals surface area contributed by atoms with Gasteiger partial charge in [0.15, 0.2) is 0 Å². The molecule has 2 fully saturated rings. The molecule has 1 spiro atoms. The van der Waals surface area contributed by atoms with Gasteiger partial charge < -0.3 is 14.9 Å². The fourth-order valence-electron chi connectivity index (χ4n) is 4.02. The number of piperidine rings is 2. The van der Waals surface area contributed by atoms with Gasteiger partial charge >= 0.3 is 0 Å². The molecule has 3 heterocycles. The van der Waals surface area contributed by atoms with Gasteiger partial charge in [-0.25, -0.2) is 0 Å². The van der Waals surface area contributed by atoms with Crippen LogP contribution in [0.3, 0.4) is 0 Å². The molecule has 2 saturated heterocycles. The van der Waals surface area contributed by atoms with Crippen molar-refractivity contribution in [2.75, 3.05) is 32.8 Å². The van der Waals surface area contributed by atoms with Gasteiger partial charge in [-0.3, -0.25) is 9.59 Å². The van der Waals surface area contributed by atoms with E-state index in [2.05, 4.69) is 6.92 Å². The van der Waals surface area contributed by atoms with Crippen molar-refractivity contribution >= 4 is 23.2 Å². The third-order valence-electron chi connectivity index (χ3n) is 5.69. The first-order chi connectivity index (χ1) is 12.1. The summed E-state index contributed by atoms with van der Waals surface area (Å²) in [6.07, 6.45) is 5.08.